The number of aromatic nitrogens is 1. The lowest BCUT2D eigenvalue weighted by Crippen LogP contribution is -2.21. The number of hydrogen-bond donors (Lipinski definition) is 0. The van der Waals surface area contributed by atoms with Crippen LogP contribution in [0.2, 0.25) is 0 Å². The highest BCUT2D eigenvalue weighted by Crippen LogP contribution is 2.31. The molecule has 2 aromatic rings. The van der Waals surface area contributed by atoms with Gasteiger partial charge in [0.1, 0.15) is 0 Å². The van der Waals surface area contributed by atoms with Crippen LogP contribution in [-0.4, -0.2) is 15.7 Å². The van der Waals surface area contributed by atoms with E-state index >= 15 is 0 Å². The number of fused-ring (bicyclic) bond motifs is 1. The van der Waals surface area contributed by atoms with Crippen LogP contribution in [0, 0.1) is 5.92 Å². The topological polar surface area (TPSA) is 20.5 Å². The fourth-order valence-corrected chi connectivity index (χ4v) is 6.78. The van der Waals surface area contributed by atoms with Crippen LogP contribution in [0.15, 0.2) is 180 Å². The first-order valence-corrected chi connectivity index (χ1v) is 17.5. The minimum absolute atomic E-state index is 0.341. The summed E-state index contributed by atoms with van der Waals surface area (Å²) in [5.41, 5.74) is 13.9. The Kier molecular flexibility index (Phi) is 11.0. The maximum Gasteiger partial charge on any atom is 0.0510 e. The van der Waals surface area contributed by atoms with E-state index in [9.17, 15) is 0 Å². The predicted molar refractivity (Wildman–Crippen MR) is 211 cm³/mol. The SMILES string of the molecule is C=C\C=C/C1=C(C)/C=C\C=C/C(=C\C)N1C1=CC=C(Cc2ccc(CC3C=CC=C(n4c(CC)cc5c4C=CN=CC5)C=C3)cc2)C=CC1. The third-order valence-electron chi connectivity index (χ3n) is 9.34. The summed E-state index contributed by atoms with van der Waals surface area (Å²) in [6.07, 6.45) is 47.9. The Balaban J connectivity index is 1.14. The maximum atomic E-state index is 4.37. The molecule has 0 saturated carbocycles. The molecule has 4 aliphatic rings. The van der Waals surface area contributed by atoms with Crippen molar-refractivity contribution in [2.75, 3.05) is 0 Å². The van der Waals surface area contributed by atoms with Gasteiger partial charge in [0.15, 0.2) is 0 Å². The fourth-order valence-electron chi connectivity index (χ4n) is 6.78. The smallest absolute Gasteiger partial charge is 0.0510 e. The van der Waals surface area contributed by atoms with Crippen LogP contribution in [0.25, 0.3) is 11.8 Å². The monoisotopic (exact) mass is 641 g/mol. The predicted octanol–water partition coefficient (Wildman–Crippen LogP) is 11.1. The summed E-state index contributed by atoms with van der Waals surface area (Å²) in [7, 11) is 0. The number of benzene rings is 1. The first-order valence-electron chi connectivity index (χ1n) is 17.5. The van der Waals surface area contributed by atoms with Crippen molar-refractivity contribution >= 4 is 18.0 Å². The van der Waals surface area contributed by atoms with Crippen LogP contribution in [0.3, 0.4) is 0 Å². The van der Waals surface area contributed by atoms with Gasteiger partial charge in [-0.3, -0.25) is 4.99 Å². The maximum absolute atomic E-state index is 4.37. The standard InChI is InChI=1S/C46H47N3/c1-5-8-19-45-35(4)13-9-10-16-41(6-2)48(45)43-17-11-14-36(24-26-43)32-38-20-22-39(23-21-38)33-37-15-12-18-44(27-25-37)49-42(7-3)34-40-28-30-47-31-29-46(40)49/h5-6,8-16,18-27,29-31,34,37H,1,7,17,28,32-33H2,2-4H3/b13-9-,16-10-,19-8-,41-6+,45-35-. The zero-order chi connectivity index (χ0) is 34.0. The molecule has 6 rings (SSSR count). The zero-order valence-electron chi connectivity index (χ0n) is 29.1. The molecular formula is C46H47N3. The molecule has 1 unspecified atom stereocenters. The Morgan fingerprint density at radius 2 is 1.76 bits per heavy atom. The van der Waals surface area contributed by atoms with Crippen LogP contribution in [0.4, 0.5) is 0 Å². The average Bonchev–Trinajstić information content (AvgIpc) is 3.38. The van der Waals surface area contributed by atoms with Crippen molar-refractivity contribution < 1.29 is 0 Å². The number of rotatable bonds is 9. The fraction of sp³-hybridized carbons (Fsp3) is 0.196. The Morgan fingerprint density at radius 1 is 0.918 bits per heavy atom. The molecule has 3 heterocycles. The van der Waals surface area contributed by atoms with E-state index in [2.05, 4.69) is 169 Å². The van der Waals surface area contributed by atoms with Gasteiger partial charge in [0.05, 0.1) is 5.69 Å². The van der Waals surface area contributed by atoms with Crippen molar-refractivity contribution in [2.45, 2.75) is 52.9 Å². The lowest BCUT2D eigenvalue weighted by molar-refractivity contribution is 0.541. The van der Waals surface area contributed by atoms with Gasteiger partial charge < -0.3 is 9.47 Å². The zero-order valence-corrected chi connectivity index (χ0v) is 29.1. The van der Waals surface area contributed by atoms with Crippen LogP contribution in [0.5, 0.6) is 0 Å². The minimum atomic E-state index is 0.341. The number of aryl methyl sites for hydroxylation is 1. The summed E-state index contributed by atoms with van der Waals surface area (Å²) in [6.45, 7) is 10.4. The van der Waals surface area contributed by atoms with Crippen molar-refractivity contribution in [3.63, 3.8) is 0 Å². The van der Waals surface area contributed by atoms with Gasteiger partial charge in [-0.05, 0) is 109 Å². The first kappa shape index (κ1) is 33.5. The average molecular weight is 642 g/mol. The molecule has 0 saturated heterocycles. The van der Waals surface area contributed by atoms with Crippen LogP contribution < -0.4 is 0 Å². The molecule has 246 valence electrons. The largest absolute Gasteiger partial charge is 0.314 e. The van der Waals surface area contributed by atoms with Gasteiger partial charge in [-0.1, -0.05) is 111 Å². The van der Waals surface area contributed by atoms with Crippen molar-refractivity contribution in [1.29, 1.82) is 0 Å². The van der Waals surface area contributed by atoms with Crippen molar-refractivity contribution in [2.24, 2.45) is 10.9 Å². The second kappa shape index (κ2) is 16.1. The van der Waals surface area contributed by atoms with E-state index in [0.717, 1.165) is 43.5 Å². The molecule has 1 aromatic carbocycles. The Hall–Kier alpha value is -5.41. The molecule has 2 aliphatic carbocycles. The van der Waals surface area contributed by atoms with Crippen molar-refractivity contribution in [3.05, 3.63) is 203 Å². The summed E-state index contributed by atoms with van der Waals surface area (Å²) in [6, 6.07) is 11.5. The Morgan fingerprint density at radius 3 is 2.57 bits per heavy atom. The van der Waals surface area contributed by atoms with Gasteiger partial charge >= 0.3 is 0 Å². The summed E-state index contributed by atoms with van der Waals surface area (Å²) in [4.78, 5) is 6.74. The van der Waals surface area contributed by atoms with E-state index in [1.165, 1.54) is 50.6 Å². The van der Waals surface area contributed by atoms with E-state index in [1.807, 2.05) is 24.6 Å². The summed E-state index contributed by atoms with van der Waals surface area (Å²) in [5.74, 6) is 0.341. The lowest BCUT2D eigenvalue weighted by Gasteiger charge is -2.31. The molecule has 0 spiro atoms. The van der Waals surface area contributed by atoms with Crippen molar-refractivity contribution in [3.8, 4) is 0 Å². The molecule has 0 radical (unpaired) electrons. The van der Waals surface area contributed by atoms with Gasteiger partial charge in [-0.2, -0.15) is 0 Å². The van der Waals surface area contributed by atoms with E-state index in [0.29, 0.717) is 5.92 Å². The van der Waals surface area contributed by atoms with Gasteiger partial charge in [0, 0.05) is 53.7 Å². The number of aliphatic imine (C=N–C) groups is 1. The molecule has 0 fully saturated rings. The molecule has 3 heteroatoms. The molecule has 1 aromatic heterocycles. The first-order chi connectivity index (χ1) is 24.1. The molecule has 0 bridgehead atoms. The summed E-state index contributed by atoms with van der Waals surface area (Å²) >= 11 is 0. The highest BCUT2D eigenvalue weighted by atomic mass is 15.2. The second-order valence-electron chi connectivity index (χ2n) is 12.7. The summed E-state index contributed by atoms with van der Waals surface area (Å²) < 4.78 is 2.40. The Labute approximate surface area is 293 Å². The highest BCUT2D eigenvalue weighted by Gasteiger charge is 2.19. The van der Waals surface area contributed by atoms with Crippen LogP contribution in [0.1, 0.15) is 55.3 Å². The normalized spacial score (nSPS) is 22.5. The number of hydrogen-bond acceptors (Lipinski definition) is 2. The van der Waals surface area contributed by atoms with Crippen molar-refractivity contribution in [1.82, 2.24) is 9.47 Å². The van der Waals surface area contributed by atoms with Crippen LogP contribution in [-0.2, 0) is 25.7 Å². The van der Waals surface area contributed by atoms with Gasteiger partial charge in [-0.25, -0.2) is 0 Å². The molecule has 0 amide bonds. The molecule has 3 nitrogen and oxygen atoms in total. The van der Waals surface area contributed by atoms with E-state index in [-0.39, 0.29) is 0 Å². The van der Waals surface area contributed by atoms with Gasteiger partial charge in [0.25, 0.3) is 0 Å². The molecular weight excluding hydrogens is 595 g/mol. The summed E-state index contributed by atoms with van der Waals surface area (Å²) in [5, 5.41) is 0. The highest BCUT2D eigenvalue weighted by molar-refractivity contribution is 5.74. The number of nitrogens with zero attached hydrogens (tertiary/aromatic N) is 3. The third kappa shape index (κ3) is 8.01. The van der Waals surface area contributed by atoms with Crippen LogP contribution >= 0.6 is 0 Å². The molecule has 1 atom stereocenters. The van der Waals surface area contributed by atoms with E-state index in [1.54, 1.807) is 0 Å². The van der Waals surface area contributed by atoms with E-state index in [4.69, 9.17) is 0 Å². The second-order valence-corrected chi connectivity index (χ2v) is 12.7. The quantitative estimate of drug-likeness (QED) is 0.250. The molecule has 49 heavy (non-hydrogen) atoms. The molecule has 2 aliphatic heterocycles. The third-order valence-corrected chi connectivity index (χ3v) is 9.34. The molecule has 0 N–H and O–H groups in total. The lowest BCUT2D eigenvalue weighted by atomic mass is 9.96. The van der Waals surface area contributed by atoms with Gasteiger partial charge in [-0.15, -0.1) is 0 Å². The van der Waals surface area contributed by atoms with Gasteiger partial charge in [0.2, 0.25) is 0 Å². The Bertz CT molecular complexity index is 1960. The number of allylic oxidation sites excluding steroid dienone is 20. The minimum Gasteiger partial charge on any atom is -0.314 e. The van der Waals surface area contributed by atoms with E-state index < -0.39 is 0 Å².